The molecular formula is C15H19N5. The molecule has 0 N–H and O–H groups in total. The summed E-state index contributed by atoms with van der Waals surface area (Å²) in [5.74, 6) is 0.651. The highest BCUT2D eigenvalue weighted by Crippen LogP contribution is 2.20. The van der Waals surface area contributed by atoms with E-state index in [1.165, 1.54) is 5.56 Å². The molecule has 0 aliphatic carbocycles. The molecule has 104 valence electrons. The molecule has 0 saturated carbocycles. The van der Waals surface area contributed by atoms with E-state index in [-0.39, 0.29) is 0 Å². The van der Waals surface area contributed by atoms with Crippen LogP contribution in [-0.2, 0) is 0 Å². The van der Waals surface area contributed by atoms with Gasteiger partial charge in [-0.05, 0) is 44.9 Å². The summed E-state index contributed by atoms with van der Waals surface area (Å²) in [7, 11) is 0. The lowest BCUT2D eigenvalue weighted by atomic mass is 10.1. The molecule has 0 aliphatic rings. The Hall–Kier alpha value is -2.35. The second-order valence-electron chi connectivity index (χ2n) is 4.66. The van der Waals surface area contributed by atoms with Gasteiger partial charge in [0.15, 0.2) is 5.82 Å². The monoisotopic (exact) mass is 269 g/mol. The Labute approximate surface area is 119 Å². The van der Waals surface area contributed by atoms with Crippen LogP contribution in [0.25, 0.3) is 5.69 Å². The Morgan fingerprint density at radius 1 is 1.20 bits per heavy atom. The lowest BCUT2D eigenvalue weighted by Gasteiger charge is -2.16. The summed E-state index contributed by atoms with van der Waals surface area (Å²) in [6, 6.07) is 8.13. The Morgan fingerprint density at radius 2 is 1.90 bits per heavy atom. The van der Waals surface area contributed by atoms with Crippen molar-refractivity contribution < 1.29 is 0 Å². The van der Waals surface area contributed by atoms with Gasteiger partial charge >= 0.3 is 0 Å². The van der Waals surface area contributed by atoms with Gasteiger partial charge in [0.05, 0.1) is 5.69 Å². The zero-order valence-corrected chi connectivity index (χ0v) is 12.4. The zero-order chi connectivity index (χ0) is 14.7. The molecule has 0 amide bonds. The maximum absolute atomic E-state index is 9.25. The highest BCUT2D eigenvalue weighted by molar-refractivity contribution is 5.51. The van der Waals surface area contributed by atoms with Gasteiger partial charge in [0.2, 0.25) is 5.69 Å². The van der Waals surface area contributed by atoms with Gasteiger partial charge in [-0.3, -0.25) is 0 Å². The smallest absolute Gasteiger partial charge is 0.207 e. The van der Waals surface area contributed by atoms with E-state index in [1.54, 1.807) is 4.80 Å². The number of benzene rings is 1. The molecule has 0 fully saturated rings. The van der Waals surface area contributed by atoms with Crippen LogP contribution in [0.2, 0.25) is 0 Å². The number of aryl methyl sites for hydroxylation is 1. The van der Waals surface area contributed by atoms with Crippen molar-refractivity contribution in [2.45, 2.75) is 27.7 Å². The third-order valence-corrected chi connectivity index (χ3v) is 3.56. The lowest BCUT2D eigenvalue weighted by molar-refractivity contribution is 0.733. The number of rotatable bonds is 4. The first-order valence-electron chi connectivity index (χ1n) is 6.81. The molecule has 0 atom stereocenters. The van der Waals surface area contributed by atoms with Crippen molar-refractivity contribution in [3.63, 3.8) is 0 Å². The molecule has 0 unspecified atom stereocenters. The van der Waals surface area contributed by atoms with Gasteiger partial charge in [0, 0.05) is 13.1 Å². The van der Waals surface area contributed by atoms with E-state index in [0.29, 0.717) is 11.5 Å². The van der Waals surface area contributed by atoms with Crippen molar-refractivity contribution in [3.8, 4) is 11.8 Å². The molecule has 0 radical (unpaired) electrons. The van der Waals surface area contributed by atoms with Crippen molar-refractivity contribution in [1.29, 1.82) is 5.26 Å². The molecule has 1 aromatic heterocycles. The Bertz CT molecular complexity index is 647. The van der Waals surface area contributed by atoms with Gasteiger partial charge in [0.25, 0.3) is 0 Å². The largest absolute Gasteiger partial charge is 0.353 e. The van der Waals surface area contributed by atoms with Crippen LogP contribution in [0.1, 0.15) is 30.7 Å². The average Bonchev–Trinajstić information content (AvgIpc) is 2.87. The SMILES string of the molecule is CCN(CC)c1nn(-c2cccc(C)c2C)nc1C#N. The maximum atomic E-state index is 9.25. The minimum absolute atomic E-state index is 0.370. The Balaban J connectivity index is 2.55. The molecule has 2 aromatic rings. The Kier molecular flexibility index (Phi) is 4.04. The van der Waals surface area contributed by atoms with Crippen LogP contribution in [0.15, 0.2) is 18.2 Å². The van der Waals surface area contributed by atoms with Crippen LogP contribution in [0.4, 0.5) is 5.82 Å². The van der Waals surface area contributed by atoms with Gasteiger partial charge in [-0.15, -0.1) is 15.0 Å². The minimum Gasteiger partial charge on any atom is -0.353 e. The first kappa shape index (κ1) is 14.1. The van der Waals surface area contributed by atoms with Crippen molar-refractivity contribution in [3.05, 3.63) is 35.0 Å². The molecule has 1 heterocycles. The average molecular weight is 269 g/mol. The highest BCUT2D eigenvalue weighted by Gasteiger charge is 2.17. The van der Waals surface area contributed by atoms with Crippen LogP contribution in [-0.4, -0.2) is 28.1 Å². The van der Waals surface area contributed by atoms with E-state index in [2.05, 4.69) is 29.3 Å². The number of aromatic nitrogens is 3. The first-order valence-corrected chi connectivity index (χ1v) is 6.81. The van der Waals surface area contributed by atoms with E-state index in [1.807, 2.05) is 37.8 Å². The van der Waals surface area contributed by atoms with Gasteiger partial charge in [0.1, 0.15) is 6.07 Å². The van der Waals surface area contributed by atoms with Crippen LogP contribution >= 0.6 is 0 Å². The molecular weight excluding hydrogens is 250 g/mol. The van der Waals surface area contributed by atoms with Crippen LogP contribution in [0, 0.1) is 25.2 Å². The van der Waals surface area contributed by atoms with E-state index in [4.69, 9.17) is 0 Å². The van der Waals surface area contributed by atoms with Gasteiger partial charge < -0.3 is 4.90 Å². The molecule has 5 heteroatoms. The van der Waals surface area contributed by atoms with E-state index >= 15 is 0 Å². The minimum atomic E-state index is 0.370. The van der Waals surface area contributed by atoms with Crippen molar-refractivity contribution in [1.82, 2.24) is 15.0 Å². The van der Waals surface area contributed by atoms with Crippen LogP contribution < -0.4 is 4.90 Å². The van der Waals surface area contributed by atoms with Crippen LogP contribution in [0.3, 0.4) is 0 Å². The van der Waals surface area contributed by atoms with Gasteiger partial charge in [-0.1, -0.05) is 12.1 Å². The summed E-state index contributed by atoms with van der Waals surface area (Å²) >= 11 is 0. The molecule has 0 saturated heterocycles. The summed E-state index contributed by atoms with van der Waals surface area (Å²) < 4.78 is 0. The fraction of sp³-hybridized carbons (Fsp3) is 0.400. The van der Waals surface area contributed by atoms with Crippen molar-refractivity contribution >= 4 is 5.82 Å². The Morgan fingerprint density at radius 3 is 2.50 bits per heavy atom. The predicted octanol–water partition coefficient (Wildman–Crippen LogP) is 2.60. The summed E-state index contributed by atoms with van der Waals surface area (Å²) in [5, 5.41) is 18.1. The molecule has 0 spiro atoms. The van der Waals surface area contributed by atoms with Crippen molar-refractivity contribution in [2.75, 3.05) is 18.0 Å². The maximum Gasteiger partial charge on any atom is 0.207 e. The zero-order valence-electron chi connectivity index (χ0n) is 12.4. The second-order valence-corrected chi connectivity index (χ2v) is 4.66. The van der Waals surface area contributed by atoms with E-state index < -0.39 is 0 Å². The second kappa shape index (κ2) is 5.74. The molecule has 1 aromatic carbocycles. The normalized spacial score (nSPS) is 10.3. The number of nitrogens with zero attached hydrogens (tertiary/aromatic N) is 5. The van der Waals surface area contributed by atoms with Crippen molar-refractivity contribution in [2.24, 2.45) is 0 Å². The summed E-state index contributed by atoms with van der Waals surface area (Å²) in [6.45, 7) is 9.78. The third kappa shape index (κ3) is 2.37. The predicted molar refractivity (Wildman–Crippen MR) is 79.1 cm³/mol. The summed E-state index contributed by atoms with van der Waals surface area (Å²) in [4.78, 5) is 3.60. The van der Waals surface area contributed by atoms with Crippen LogP contribution in [0.5, 0.6) is 0 Å². The molecule has 2 rings (SSSR count). The molecule has 0 bridgehead atoms. The standard InChI is InChI=1S/C15H19N5/c1-5-19(6-2)15-13(10-16)17-20(18-15)14-9-7-8-11(3)12(14)4/h7-9H,5-6H2,1-4H3. The lowest BCUT2D eigenvalue weighted by Crippen LogP contribution is -2.23. The highest BCUT2D eigenvalue weighted by atomic mass is 15.5. The topological polar surface area (TPSA) is 57.7 Å². The summed E-state index contributed by atoms with van der Waals surface area (Å²) in [6.07, 6.45) is 0. The van der Waals surface area contributed by atoms with E-state index in [0.717, 1.165) is 24.3 Å². The fourth-order valence-electron chi connectivity index (χ4n) is 2.17. The van der Waals surface area contributed by atoms with Gasteiger partial charge in [-0.25, -0.2) is 0 Å². The molecule has 0 aliphatic heterocycles. The number of hydrogen-bond acceptors (Lipinski definition) is 4. The summed E-state index contributed by atoms with van der Waals surface area (Å²) in [5.41, 5.74) is 3.59. The first-order chi connectivity index (χ1) is 9.62. The quantitative estimate of drug-likeness (QED) is 0.856. The third-order valence-electron chi connectivity index (χ3n) is 3.56. The number of hydrogen-bond donors (Lipinski definition) is 0. The van der Waals surface area contributed by atoms with Gasteiger partial charge in [-0.2, -0.15) is 5.26 Å². The number of nitriles is 1. The molecule has 20 heavy (non-hydrogen) atoms. The number of anilines is 1. The molecule has 5 nitrogen and oxygen atoms in total. The van der Waals surface area contributed by atoms with E-state index in [9.17, 15) is 5.26 Å². The fourth-order valence-corrected chi connectivity index (χ4v) is 2.17.